The molecule has 2 heterocycles. The second kappa shape index (κ2) is 12.2. The maximum absolute atomic E-state index is 5.92. The van der Waals surface area contributed by atoms with Crippen LogP contribution in [-0.2, 0) is 18.9 Å². The fourth-order valence-corrected chi connectivity index (χ4v) is 3.38. The third kappa shape index (κ3) is 7.89. The van der Waals surface area contributed by atoms with Crippen LogP contribution in [0.4, 0.5) is 0 Å². The zero-order chi connectivity index (χ0) is 17.8. The SMILES string of the molecule is NCCCCCCC1OCC2(CO1)COC(CCCCCCN)OC2. The molecule has 2 saturated heterocycles. The van der Waals surface area contributed by atoms with Crippen LogP contribution in [0.5, 0.6) is 0 Å². The number of rotatable bonds is 12. The van der Waals surface area contributed by atoms with Gasteiger partial charge in [-0.25, -0.2) is 0 Å². The molecule has 2 rings (SSSR count). The summed E-state index contributed by atoms with van der Waals surface area (Å²) in [6.07, 6.45) is 11.1. The van der Waals surface area contributed by atoms with Crippen LogP contribution < -0.4 is 11.5 Å². The zero-order valence-corrected chi connectivity index (χ0v) is 15.8. The van der Waals surface area contributed by atoms with Gasteiger partial charge < -0.3 is 30.4 Å². The highest BCUT2D eigenvalue weighted by Crippen LogP contribution is 2.32. The van der Waals surface area contributed by atoms with Crippen molar-refractivity contribution in [2.24, 2.45) is 16.9 Å². The first-order valence-corrected chi connectivity index (χ1v) is 10.1. The molecule has 0 atom stereocenters. The summed E-state index contributed by atoms with van der Waals surface area (Å²) < 4.78 is 23.7. The molecule has 6 nitrogen and oxygen atoms in total. The van der Waals surface area contributed by atoms with Gasteiger partial charge in [0.25, 0.3) is 0 Å². The molecule has 1 spiro atoms. The van der Waals surface area contributed by atoms with Crippen molar-refractivity contribution in [3.63, 3.8) is 0 Å². The van der Waals surface area contributed by atoms with Crippen molar-refractivity contribution in [3.05, 3.63) is 0 Å². The molecule has 2 fully saturated rings. The van der Waals surface area contributed by atoms with E-state index in [9.17, 15) is 0 Å². The highest BCUT2D eigenvalue weighted by atomic mass is 16.7. The van der Waals surface area contributed by atoms with Gasteiger partial charge in [0, 0.05) is 0 Å². The van der Waals surface area contributed by atoms with Crippen molar-refractivity contribution in [2.75, 3.05) is 39.5 Å². The van der Waals surface area contributed by atoms with Gasteiger partial charge in [-0.1, -0.05) is 25.7 Å². The molecule has 0 aliphatic carbocycles. The van der Waals surface area contributed by atoms with Gasteiger partial charge in [0.2, 0.25) is 0 Å². The maximum Gasteiger partial charge on any atom is 0.157 e. The molecule has 4 N–H and O–H groups in total. The Hall–Kier alpha value is -0.240. The first-order valence-electron chi connectivity index (χ1n) is 10.1. The predicted molar refractivity (Wildman–Crippen MR) is 98.1 cm³/mol. The van der Waals surface area contributed by atoms with Crippen LogP contribution >= 0.6 is 0 Å². The number of hydrogen-bond acceptors (Lipinski definition) is 6. The highest BCUT2D eigenvalue weighted by Gasteiger charge is 2.41. The number of nitrogens with two attached hydrogens (primary N) is 2. The Balaban J connectivity index is 1.53. The predicted octanol–water partition coefficient (Wildman–Crippen LogP) is 2.54. The molecule has 2 aliphatic heterocycles. The van der Waals surface area contributed by atoms with Gasteiger partial charge in [-0.2, -0.15) is 0 Å². The van der Waals surface area contributed by atoms with E-state index in [1.54, 1.807) is 0 Å². The number of ether oxygens (including phenoxy) is 4. The summed E-state index contributed by atoms with van der Waals surface area (Å²) in [4.78, 5) is 0. The van der Waals surface area contributed by atoms with Crippen LogP contribution in [-0.4, -0.2) is 52.1 Å². The summed E-state index contributed by atoms with van der Waals surface area (Å²) in [5.74, 6) is 0. The summed E-state index contributed by atoms with van der Waals surface area (Å²) in [6, 6.07) is 0. The van der Waals surface area contributed by atoms with E-state index < -0.39 is 0 Å². The molecule has 6 heteroatoms. The monoisotopic (exact) mass is 358 g/mol. The highest BCUT2D eigenvalue weighted by molar-refractivity contribution is 4.84. The molecule has 0 aromatic rings. The Labute approximate surface area is 152 Å². The first-order chi connectivity index (χ1) is 12.3. The molecule has 0 saturated carbocycles. The molecule has 0 unspecified atom stereocenters. The van der Waals surface area contributed by atoms with Gasteiger partial charge in [0.05, 0.1) is 31.8 Å². The summed E-state index contributed by atoms with van der Waals surface area (Å²) in [5, 5.41) is 0. The van der Waals surface area contributed by atoms with Gasteiger partial charge in [-0.15, -0.1) is 0 Å². The minimum absolute atomic E-state index is 0.0660. The van der Waals surface area contributed by atoms with Crippen LogP contribution in [0.25, 0.3) is 0 Å². The molecule has 0 radical (unpaired) electrons. The Bertz CT molecular complexity index is 292. The van der Waals surface area contributed by atoms with Gasteiger partial charge in [0.1, 0.15) is 0 Å². The third-order valence-corrected chi connectivity index (χ3v) is 5.09. The van der Waals surface area contributed by atoms with E-state index in [0.717, 1.165) is 51.6 Å². The van der Waals surface area contributed by atoms with E-state index in [4.69, 9.17) is 30.4 Å². The van der Waals surface area contributed by atoms with E-state index in [-0.39, 0.29) is 18.0 Å². The van der Waals surface area contributed by atoms with Gasteiger partial charge in [-0.05, 0) is 51.6 Å². The lowest BCUT2D eigenvalue weighted by Gasteiger charge is -2.43. The second-order valence-electron chi connectivity index (χ2n) is 7.59. The minimum atomic E-state index is -0.119. The Morgan fingerprint density at radius 3 is 1.28 bits per heavy atom. The topological polar surface area (TPSA) is 89.0 Å². The number of hydrogen-bond donors (Lipinski definition) is 2. The van der Waals surface area contributed by atoms with Gasteiger partial charge >= 0.3 is 0 Å². The average Bonchev–Trinajstić information content (AvgIpc) is 2.65. The Kier molecular flexibility index (Phi) is 10.3. The largest absolute Gasteiger partial charge is 0.352 e. The van der Waals surface area contributed by atoms with Crippen molar-refractivity contribution >= 4 is 0 Å². The molecule has 0 aromatic heterocycles. The normalized spacial score (nSPS) is 30.0. The number of unbranched alkanes of at least 4 members (excludes halogenated alkanes) is 6. The molecule has 0 amide bonds. The molecule has 0 bridgehead atoms. The van der Waals surface area contributed by atoms with Crippen LogP contribution in [0.3, 0.4) is 0 Å². The smallest absolute Gasteiger partial charge is 0.157 e. The molecule has 25 heavy (non-hydrogen) atoms. The van der Waals surface area contributed by atoms with Gasteiger partial charge in [-0.3, -0.25) is 0 Å². The van der Waals surface area contributed by atoms with Gasteiger partial charge in [0.15, 0.2) is 12.6 Å². The van der Waals surface area contributed by atoms with E-state index >= 15 is 0 Å². The summed E-state index contributed by atoms with van der Waals surface area (Å²) in [7, 11) is 0. The second-order valence-corrected chi connectivity index (χ2v) is 7.59. The lowest BCUT2D eigenvalue weighted by atomic mass is 9.90. The fraction of sp³-hybridized carbons (Fsp3) is 1.00. The fourth-order valence-electron chi connectivity index (χ4n) is 3.38. The van der Waals surface area contributed by atoms with Crippen molar-refractivity contribution < 1.29 is 18.9 Å². The quantitative estimate of drug-likeness (QED) is 0.521. The molecular formula is C19H38N2O4. The molecule has 0 aromatic carbocycles. The Morgan fingerprint density at radius 1 is 0.560 bits per heavy atom. The third-order valence-electron chi connectivity index (χ3n) is 5.09. The molecule has 2 aliphatic rings. The lowest BCUT2D eigenvalue weighted by Crippen LogP contribution is -2.52. The average molecular weight is 359 g/mol. The van der Waals surface area contributed by atoms with Crippen LogP contribution in [0.2, 0.25) is 0 Å². The lowest BCUT2D eigenvalue weighted by molar-refractivity contribution is -0.304. The minimum Gasteiger partial charge on any atom is -0.352 e. The van der Waals surface area contributed by atoms with E-state index in [1.165, 1.54) is 25.7 Å². The first kappa shape index (κ1) is 21.1. The van der Waals surface area contributed by atoms with Crippen molar-refractivity contribution in [3.8, 4) is 0 Å². The summed E-state index contributed by atoms with van der Waals surface area (Å²) in [6.45, 7) is 4.25. The van der Waals surface area contributed by atoms with E-state index in [2.05, 4.69) is 0 Å². The standard InChI is InChI=1S/C19H38N2O4/c20-11-7-3-1-5-9-17-22-13-19(14-23-17)15-24-18(25-16-19)10-6-2-4-8-12-21/h17-18H,1-16,20-21H2. The van der Waals surface area contributed by atoms with Crippen LogP contribution in [0, 0.1) is 5.41 Å². The molecular weight excluding hydrogens is 320 g/mol. The summed E-state index contributed by atoms with van der Waals surface area (Å²) >= 11 is 0. The van der Waals surface area contributed by atoms with Crippen LogP contribution in [0.1, 0.15) is 64.2 Å². The van der Waals surface area contributed by atoms with Crippen molar-refractivity contribution in [1.29, 1.82) is 0 Å². The summed E-state index contributed by atoms with van der Waals surface area (Å²) in [5.41, 5.74) is 10.9. The molecule has 148 valence electrons. The van der Waals surface area contributed by atoms with E-state index in [1.807, 2.05) is 0 Å². The van der Waals surface area contributed by atoms with Crippen LogP contribution in [0.15, 0.2) is 0 Å². The van der Waals surface area contributed by atoms with Crippen molar-refractivity contribution in [2.45, 2.75) is 76.8 Å². The van der Waals surface area contributed by atoms with E-state index in [0.29, 0.717) is 26.4 Å². The maximum atomic E-state index is 5.92. The van der Waals surface area contributed by atoms with Crippen molar-refractivity contribution in [1.82, 2.24) is 0 Å². The Morgan fingerprint density at radius 2 is 0.920 bits per heavy atom. The zero-order valence-electron chi connectivity index (χ0n) is 15.8.